The molecule has 0 radical (unpaired) electrons. The van der Waals surface area contributed by atoms with Crippen LogP contribution < -0.4 is 5.73 Å². The number of aryl methyl sites for hydroxylation is 2. The number of rotatable bonds is 7. The van der Waals surface area contributed by atoms with E-state index < -0.39 is 0 Å². The summed E-state index contributed by atoms with van der Waals surface area (Å²) in [6.45, 7) is 11.9. The van der Waals surface area contributed by atoms with E-state index in [2.05, 4.69) is 42.6 Å². The number of hydrogen-bond donors (Lipinski definition) is 1. The summed E-state index contributed by atoms with van der Waals surface area (Å²) in [4.78, 5) is 13.9. The second kappa shape index (κ2) is 7.42. The topological polar surface area (TPSA) is 55.0 Å². The highest BCUT2D eigenvalue weighted by molar-refractivity contribution is 7.98. The molecule has 0 unspecified atom stereocenters. The molecular formula is C15H24N4S2. The van der Waals surface area contributed by atoms with Crippen LogP contribution in [0.1, 0.15) is 30.1 Å². The van der Waals surface area contributed by atoms with Crippen molar-refractivity contribution in [2.24, 2.45) is 0 Å². The van der Waals surface area contributed by atoms with E-state index >= 15 is 0 Å². The zero-order valence-electron chi connectivity index (χ0n) is 13.3. The predicted octanol–water partition coefficient (Wildman–Crippen LogP) is 3.47. The van der Waals surface area contributed by atoms with Crippen LogP contribution in [0.4, 0.5) is 5.82 Å². The van der Waals surface area contributed by atoms with E-state index in [4.69, 9.17) is 5.73 Å². The minimum absolute atomic E-state index is 0.626. The Morgan fingerprint density at radius 2 is 1.90 bits per heavy atom. The fourth-order valence-corrected chi connectivity index (χ4v) is 4.19. The lowest BCUT2D eigenvalue weighted by Crippen LogP contribution is -2.25. The summed E-state index contributed by atoms with van der Waals surface area (Å²) < 4.78 is 0. The number of aromatic nitrogens is 2. The Kier molecular flexibility index (Phi) is 5.84. The normalized spacial score (nSPS) is 11.7. The van der Waals surface area contributed by atoms with Crippen LogP contribution in [0.15, 0.2) is 0 Å². The Morgan fingerprint density at radius 3 is 2.57 bits per heavy atom. The van der Waals surface area contributed by atoms with Gasteiger partial charge in [0.15, 0.2) is 0 Å². The molecule has 6 heteroatoms. The Balaban J connectivity index is 2.00. The third kappa shape index (κ3) is 3.87. The lowest BCUT2D eigenvalue weighted by atomic mass is 10.2. The highest BCUT2D eigenvalue weighted by Gasteiger charge is 2.12. The summed E-state index contributed by atoms with van der Waals surface area (Å²) in [6.07, 6.45) is 0. The van der Waals surface area contributed by atoms with E-state index in [1.54, 1.807) is 11.3 Å². The molecule has 116 valence electrons. The van der Waals surface area contributed by atoms with Crippen LogP contribution in [0.5, 0.6) is 0 Å². The second-order valence-corrected chi connectivity index (χ2v) is 7.38. The summed E-state index contributed by atoms with van der Waals surface area (Å²) in [5.41, 5.74) is 7.32. The van der Waals surface area contributed by atoms with E-state index in [9.17, 15) is 0 Å². The van der Waals surface area contributed by atoms with Crippen molar-refractivity contribution in [2.75, 3.05) is 31.1 Å². The van der Waals surface area contributed by atoms with Gasteiger partial charge in [-0.05, 0) is 32.5 Å². The average molecular weight is 325 g/mol. The lowest BCUT2D eigenvalue weighted by molar-refractivity contribution is 0.324. The van der Waals surface area contributed by atoms with E-state index in [0.29, 0.717) is 5.82 Å². The zero-order chi connectivity index (χ0) is 15.4. The van der Waals surface area contributed by atoms with Crippen molar-refractivity contribution in [1.29, 1.82) is 0 Å². The van der Waals surface area contributed by atoms with Gasteiger partial charge in [-0.3, -0.25) is 0 Å². The standard InChI is InChI=1S/C15H24N4S2/c1-5-19(6-2)7-8-20-9-12-17-14(16)13-10(3)11(4)21-15(13)18-12/h5-9H2,1-4H3,(H2,16,17,18). The molecule has 2 heterocycles. The van der Waals surface area contributed by atoms with Gasteiger partial charge in [-0.15, -0.1) is 11.3 Å². The number of nitrogen functional groups attached to an aromatic ring is 1. The van der Waals surface area contributed by atoms with E-state index in [-0.39, 0.29) is 0 Å². The number of thiophene rings is 1. The molecule has 0 spiro atoms. The van der Waals surface area contributed by atoms with Crippen LogP contribution in [-0.2, 0) is 5.75 Å². The molecule has 0 aliphatic carbocycles. The Labute approximate surface area is 135 Å². The van der Waals surface area contributed by atoms with Crippen LogP contribution in [-0.4, -0.2) is 40.3 Å². The van der Waals surface area contributed by atoms with Gasteiger partial charge >= 0.3 is 0 Å². The van der Waals surface area contributed by atoms with Crippen molar-refractivity contribution in [3.63, 3.8) is 0 Å². The lowest BCUT2D eigenvalue weighted by Gasteiger charge is -2.17. The molecule has 0 fully saturated rings. The van der Waals surface area contributed by atoms with Crippen molar-refractivity contribution in [1.82, 2.24) is 14.9 Å². The fourth-order valence-electron chi connectivity index (χ4n) is 2.29. The minimum atomic E-state index is 0.626. The van der Waals surface area contributed by atoms with Crippen molar-refractivity contribution in [2.45, 2.75) is 33.4 Å². The van der Waals surface area contributed by atoms with Crippen molar-refractivity contribution in [3.8, 4) is 0 Å². The quantitative estimate of drug-likeness (QED) is 0.790. The monoisotopic (exact) mass is 324 g/mol. The Hall–Kier alpha value is -0.850. The van der Waals surface area contributed by atoms with Gasteiger partial charge in [0.2, 0.25) is 0 Å². The van der Waals surface area contributed by atoms with Crippen molar-refractivity contribution >= 4 is 39.1 Å². The van der Waals surface area contributed by atoms with Gasteiger partial charge in [0.25, 0.3) is 0 Å². The van der Waals surface area contributed by atoms with Crippen LogP contribution in [0, 0.1) is 13.8 Å². The number of nitrogens with zero attached hydrogens (tertiary/aromatic N) is 3. The molecule has 2 aromatic rings. The molecular weight excluding hydrogens is 300 g/mol. The first kappa shape index (κ1) is 16.5. The first-order valence-electron chi connectivity index (χ1n) is 7.39. The second-order valence-electron chi connectivity index (χ2n) is 5.07. The minimum Gasteiger partial charge on any atom is -0.383 e. The van der Waals surface area contributed by atoms with Gasteiger partial charge < -0.3 is 10.6 Å². The van der Waals surface area contributed by atoms with Gasteiger partial charge in [-0.25, -0.2) is 9.97 Å². The van der Waals surface area contributed by atoms with E-state index in [1.165, 1.54) is 10.4 Å². The summed E-state index contributed by atoms with van der Waals surface area (Å²) in [5, 5.41) is 1.04. The first-order valence-corrected chi connectivity index (χ1v) is 9.36. The molecule has 0 amide bonds. The fraction of sp³-hybridized carbons (Fsp3) is 0.600. The van der Waals surface area contributed by atoms with Gasteiger partial charge in [0.1, 0.15) is 16.5 Å². The van der Waals surface area contributed by atoms with E-state index in [0.717, 1.165) is 47.2 Å². The molecule has 0 atom stereocenters. The highest BCUT2D eigenvalue weighted by atomic mass is 32.2. The molecule has 0 saturated heterocycles. The number of nitrogens with two attached hydrogens (primary N) is 1. The molecule has 0 saturated carbocycles. The third-order valence-corrected chi connectivity index (χ3v) is 5.82. The van der Waals surface area contributed by atoms with Crippen LogP contribution in [0.3, 0.4) is 0 Å². The number of anilines is 1. The summed E-state index contributed by atoms with van der Waals surface area (Å²) in [7, 11) is 0. The Morgan fingerprint density at radius 1 is 1.19 bits per heavy atom. The van der Waals surface area contributed by atoms with Crippen LogP contribution in [0.2, 0.25) is 0 Å². The molecule has 21 heavy (non-hydrogen) atoms. The smallest absolute Gasteiger partial charge is 0.142 e. The van der Waals surface area contributed by atoms with Gasteiger partial charge in [-0.2, -0.15) is 11.8 Å². The summed E-state index contributed by atoms with van der Waals surface area (Å²) in [6, 6.07) is 0. The molecule has 4 nitrogen and oxygen atoms in total. The Bertz CT molecular complexity index is 605. The van der Waals surface area contributed by atoms with Crippen molar-refractivity contribution < 1.29 is 0 Å². The molecule has 2 rings (SSSR count). The van der Waals surface area contributed by atoms with Gasteiger partial charge in [0, 0.05) is 17.2 Å². The SMILES string of the molecule is CCN(CC)CCSCc1nc(N)c2c(C)c(C)sc2n1. The zero-order valence-corrected chi connectivity index (χ0v) is 14.9. The maximum atomic E-state index is 6.10. The molecule has 2 N–H and O–H groups in total. The predicted molar refractivity (Wildman–Crippen MR) is 95.3 cm³/mol. The number of hydrogen-bond acceptors (Lipinski definition) is 6. The van der Waals surface area contributed by atoms with Crippen molar-refractivity contribution in [3.05, 3.63) is 16.3 Å². The molecule has 0 aromatic carbocycles. The summed E-state index contributed by atoms with van der Waals surface area (Å²) >= 11 is 3.59. The van der Waals surface area contributed by atoms with Crippen LogP contribution >= 0.6 is 23.1 Å². The van der Waals surface area contributed by atoms with Crippen LogP contribution in [0.25, 0.3) is 10.2 Å². The van der Waals surface area contributed by atoms with Gasteiger partial charge in [0.05, 0.1) is 11.1 Å². The maximum Gasteiger partial charge on any atom is 0.142 e. The number of thioether (sulfide) groups is 1. The molecule has 0 bridgehead atoms. The highest BCUT2D eigenvalue weighted by Crippen LogP contribution is 2.32. The van der Waals surface area contributed by atoms with Gasteiger partial charge in [-0.1, -0.05) is 13.8 Å². The maximum absolute atomic E-state index is 6.10. The average Bonchev–Trinajstić information content (AvgIpc) is 2.74. The van der Waals surface area contributed by atoms with E-state index in [1.807, 2.05) is 11.8 Å². The number of fused-ring (bicyclic) bond motifs is 1. The largest absolute Gasteiger partial charge is 0.383 e. The first-order chi connectivity index (χ1) is 10.1. The molecule has 2 aromatic heterocycles. The molecule has 0 aliphatic heterocycles. The summed E-state index contributed by atoms with van der Waals surface area (Å²) in [5.74, 6) is 3.41. The third-order valence-electron chi connectivity index (χ3n) is 3.78. The molecule has 0 aliphatic rings.